The zero-order valence-corrected chi connectivity index (χ0v) is 19.1. The first-order valence-corrected chi connectivity index (χ1v) is 11.5. The average Bonchev–Trinajstić information content (AvgIpc) is 3.42. The van der Waals surface area contributed by atoms with E-state index in [0.29, 0.717) is 11.1 Å². The molecule has 2 atom stereocenters. The Morgan fingerprint density at radius 1 is 1.05 bits per heavy atom. The number of nitrogens with one attached hydrogen (secondary N) is 2. The predicted octanol–water partition coefficient (Wildman–Crippen LogP) is 4.25. The van der Waals surface area contributed by atoms with Crippen molar-refractivity contribution in [3.8, 4) is 11.3 Å². The number of amides is 1. The summed E-state index contributed by atoms with van der Waals surface area (Å²) in [7, 11) is 0. The SMILES string of the molecule is O=C(N[C@H]1c2ccccc2C[C@@H]1O)c1nn2cc(-c3ccc4ccccc4c3)[nH]c(=O)c2c1C(F)(F)F. The van der Waals surface area contributed by atoms with Crippen LogP contribution in [0.2, 0.25) is 0 Å². The topological polar surface area (TPSA) is 99.5 Å². The van der Waals surface area contributed by atoms with Gasteiger partial charge in [-0.25, -0.2) is 4.52 Å². The molecule has 10 heteroatoms. The number of alkyl halides is 3. The van der Waals surface area contributed by atoms with Crippen LogP contribution in [0.5, 0.6) is 0 Å². The van der Waals surface area contributed by atoms with Gasteiger partial charge < -0.3 is 15.4 Å². The summed E-state index contributed by atoms with van der Waals surface area (Å²) in [4.78, 5) is 28.5. The number of halogens is 3. The molecule has 6 rings (SSSR count). The van der Waals surface area contributed by atoms with Crippen LogP contribution >= 0.6 is 0 Å². The van der Waals surface area contributed by atoms with Crippen molar-refractivity contribution in [2.75, 3.05) is 0 Å². The number of aromatic amines is 1. The van der Waals surface area contributed by atoms with Gasteiger partial charge in [-0.15, -0.1) is 0 Å². The number of aliphatic hydroxyl groups excluding tert-OH is 1. The fraction of sp³-hybridized carbons (Fsp3) is 0.148. The van der Waals surface area contributed by atoms with Gasteiger partial charge in [0.15, 0.2) is 5.69 Å². The quantitative estimate of drug-likeness (QED) is 0.342. The van der Waals surface area contributed by atoms with E-state index in [4.69, 9.17) is 0 Å². The monoisotopic (exact) mass is 504 g/mol. The van der Waals surface area contributed by atoms with Gasteiger partial charge in [-0.05, 0) is 28.0 Å². The van der Waals surface area contributed by atoms with E-state index in [1.54, 1.807) is 36.4 Å². The fourth-order valence-corrected chi connectivity index (χ4v) is 4.97. The summed E-state index contributed by atoms with van der Waals surface area (Å²) >= 11 is 0. The number of carbonyl (C=O) groups is 1. The average molecular weight is 504 g/mol. The molecule has 3 N–H and O–H groups in total. The first kappa shape index (κ1) is 23.0. The molecule has 1 amide bonds. The summed E-state index contributed by atoms with van der Waals surface area (Å²) in [5.74, 6) is -1.14. The molecule has 2 heterocycles. The summed E-state index contributed by atoms with van der Waals surface area (Å²) in [6.07, 6.45) is -4.52. The molecule has 1 aliphatic rings. The summed E-state index contributed by atoms with van der Waals surface area (Å²) in [5.41, 5.74) is -1.96. The molecule has 0 fully saturated rings. The van der Waals surface area contributed by atoms with Crippen molar-refractivity contribution in [3.63, 3.8) is 0 Å². The van der Waals surface area contributed by atoms with E-state index >= 15 is 0 Å². The third kappa shape index (κ3) is 3.86. The zero-order valence-electron chi connectivity index (χ0n) is 19.1. The van der Waals surface area contributed by atoms with E-state index in [9.17, 15) is 27.9 Å². The Hall–Kier alpha value is -4.44. The Morgan fingerprint density at radius 2 is 1.78 bits per heavy atom. The van der Waals surface area contributed by atoms with E-state index in [0.717, 1.165) is 20.9 Å². The second-order valence-electron chi connectivity index (χ2n) is 8.99. The van der Waals surface area contributed by atoms with Gasteiger partial charge >= 0.3 is 6.18 Å². The largest absolute Gasteiger partial charge is 0.421 e. The van der Waals surface area contributed by atoms with Gasteiger partial charge in [-0.2, -0.15) is 18.3 Å². The Bertz CT molecular complexity index is 1760. The van der Waals surface area contributed by atoms with Crippen LogP contribution in [0.4, 0.5) is 13.2 Å². The molecular weight excluding hydrogens is 485 g/mol. The minimum atomic E-state index is -5.03. The third-order valence-corrected chi connectivity index (χ3v) is 6.67. The van der Waals surface area contributed by atoms with Crippen LogP contribution in [0.25, 0.3) is 27.5 Å². The minimum absolute atomic E-state index is 0.242. The maximum Gasteiger partial charge on any atom is 0.421 e. The first-order valence-electron chi connectivity index (χ1n) is 11.5. The number of benzene rings is 3. The van der Waals surface area contributed by atoms with E-state index in [-0.39, 0.29) is 12.1 Å². The van der Waals surface area contributed by atoms with E-state index in [1.807, 2.05) is 30.3 Å². The van der Waals surface area contributed by atoms with Crippen LogP contribution in [0.3, 0.4) is 0 Å². The van der Waals surface area contributed by atoms with E-state index < -0.39 is 46.6 Å². The van der Waals surface area contributed by atoms with Crippen molar-refractivity contribution in [2.45, 2.75) is 24.7 Å². The first-order chi connectivity index (χ1) is 17.7. The number of rotatable bonds is 3. The van der Waals surface area contributed by atoms with Crippen LogP contribution in [-0.4, -0.2) is 31.7 Å². The van der Waals surface area contributed by atoms with Gasteiger partial charge in [-0.3, -0.25) is 9.59 Å². The summed E-state index contributed by atoms with van der Waals surface area (Å²) < 4.78 is 43.2. The van der Waals surface area contributed by atoms with Gasteiger partial charge in [0.1, 0.15) is 11.1 Å². The number of aromatic nitrogens is 3. The summed E-state index contributed by atoms with van der Waals surface area (Å²) in [5, 5.41) is 18.7. The third-order valence-electron chi connectivity index (χ3n) is 6.67. The van der Waals surface area contributed by atoms with E-state index in [1.165, 1.54) is 6.20 Å². The Balaban J connectivity index is 1.45. The summed E-state index contributed by atoms with van der Waals surface area (Å²) in [6.45, 7) is 0. The lowest BCUT2D eigenvalue weighted by atomic mass is 10.1. The van der Waals surface area contributed by atoms with Gasteiger partial charge in [0.05, 0.1) is 24.0 Å². The number of fused-ring (bicyclic) bond motifs is 3. The molecule has 37 heavy (non-hydrogen) atoms. The van der Waals surface area contributed by atoms with Crippen LogP contribution in [0, 0.1) is 0 Å². The Kier molecular flexibility index (Phi) is 5.16. The minimum Gasteiger partial charge on any atom is -0.390 e. The fourth-order valence-electron chi connectivity index (χ4n) is 4.97. The van der Waals surface area contributed by atoms with Crippen LogP contribution in [0.1, 0.15) is 33.2 Å². The maximum absolute atomic E-state index is 14.1. The maximum atomic E-state index is 14.1. The zero-order chi connectivity index (χ0) is 25.9. The molecule has 7 nitrogen and oxygen atoms in total. The molecule has 1 aliphatic carbocycles. The standard InChI is InChI=1S/C27H19F3N4O3/c28-27(29,30)21-23(25(36)32-22-18-8-4-3-7-16(18)12-20(22)35)33-34-13-19(31-26(37)24(21)34)17-10-9-14-5-1-2-6-15(14)11-17/h1-11,13,20,22,35H,12H2,(H,31,37)(H,32,36)/t20-,22-/m0/s1. The highest BCUT2D eigenvalue weighted by atomic mass is 19.4. The highest BCUT2D eigenvalue weighted by Gasteiger charge is 2.42. The lowest BCUT2D eigenvalue weighted by Crippen LogP contribution is -2.35. The molecule has 0 unspecified atom stereocenters. The van der Waals surface area contributed by atoms with Crippen molar-refractivity contribution in [1.82, 2.24) is 19.9 Å². The van der Waals surface area contributed by atoms with Gasteiger partial charge in [0.25, 0.3) is 11.5 Å². The van der Waals surface area contributed by atoms with Crippen molar-refractivity contribution < 1.29 is 23.1 Å². The number of hydrogen-bond acceptors (Lipinski definition) is 4. The molecular formula is C27H19F3N4O3. The van der Waals surface area contributed by atoms with Gasteiger partial charge in [0, 0.05) is 12.0 Å². The van der Waals surface area contributed by atoms with Crippen molar-refractivity contribution in [1.29, 1.82) is 0 Å². The smallest absolute Gasteiger partial charge is 0.390 e. The highest BCUT2D eigenvalue weighted by Crippen LogP contribution is 2.36. The van der Waals surface area contributed by atoms with Gasteiger partial charge in [0.2, 0.25) is 0 Å². The molecule has 0 saturated carbocycles. The Morgan fingerprint density at radius 3 is 2.57 bits per heavy atom. The van der Waals surface area contributed by atoms with Gasteiger partial charge in [-0.1, -0.05) is 60.7 Å². The molecule has 0 saturated heterocycles. The molecule has 3 aromatic carbocycles. The van der Waals surface area contributed by atoms with Crippen LogP contribution in [0.15, 0.2) is 77.7 Å². The number of H-pyrrole nitrogens is 1. The molecule has 0 bridgehead atoms. The summed E-state index contributed by atoms with van der Waals surface area (Å²) in [6, 6.07) is 19.0. The van der Waals surface area contributed by atoms with Crippen molar-refractivity contribution in [2.24, 2.45) is 0 Å². The van der Waals surface area contributed by atoms with Crippen LogP contribution in [-0.2, 0) is 12.6 Å². The molecule has 186 valence electrons. The highest BCUT2D eigenvalue weighted by molar-refractivity contribution is 5.96. The molecule has 0 aliphatic heterocycles. The number of hydrogen-bond donors (Lipinski definition) is 3. The van der Waals surface area contributed by atoms with E-state index in [2.05, 4.69) is 15.4 Å². The van der Waals surface area contributed by atoms with Crippen molar-refractivity contribution in [3.05, 3.63) is 106 Å². The van der Waals surface area contributed by atoms with Crippen molar-refractivity contribution >= 4 is 22.2 Å². The lowest BCUT2D eigenvalue weighted by Gasteiger charge is -2.18. The molecule has 0 radical (unpaired) electrons. The second-order valence-corrected chi connectivity index (χ2v) is 8.99. The lowest BCUT2D eigenvalue weighted by molar-refractivity contribution is -0.136. The number of nitrogens with zero attached hydrogens (tertiary/aromatic N) is 2. The Labute approximate surface area is 207 Å². The number of aliphatic hydroxyl groups is 1. The second kappa shape index (κ2) is 8.31. The van der Waals surface area contributed by atoms with Crippen LogP contribution < -0.4 is 10.9 Å². The predicted molar refractivity (Wildman–Crippen MR) is 130 cm³/mol. The molecule has 2 aromatic heterocycles. The number of carbonyl (C=O) groups excluding carboxylic acids is 1. The molecule has 0 spiro atoms. The molecule has 5 aromatic rings. The normalized spacial score (nSPS) is 17.3.